The molecule has 0 aliphatic carbocycles. The molecule has 1 aliphatic rings. The van der Waals surface area contributed by atoms with Crippen LogP contribution in [0.5, 0.6) is 0 Å². The van der Waals surface area contributed by atoms with Crippen LogP contribution < -0.4 is 5.73 Å². The van der Waals surface area contributed by atoms with Crippen LogP contribution in [0, 0.1) is 11.2 Å². The lowest BCUT2D eigenvalue weighted by molar-refractivity contribution is 0.253. The van der Waals surface area contributed by atoms with Gasteiger partial charge in [0.15, 0.2) is 5.84 Å². The summed E-state index contributed by atoms with van der Waals surface area (Å²) in [6.07, 6.45) is 3.46. The van der Waals surface area contributed by atoms with Crippen LogP contribution >= 0.6 is 0 Å². The van der Waals surface area contributed by atoms with Gasteiger partial charge in [-0.2, -0.15) is 0 Å². The van der Waals surface area contributed by atoms with Gasteiger partial charge in [-0.25, -0.2) is 4.39 Å². The number of hydrogen-bond donors (Lipinski definition) is 2. The van der Waals surface area contributed by atoms with Crippen LogP contribution in [0.2, 0.25) is 0 Å². The van der Waals surface area contributed by atoms with Gasteiger partial charge in [0, 0.05) is 12.1 Å². The number of hydrogen-bond acceptors (Lipinski definition) is 3. The molecule has 1 aliphatic heterocycles. The van der Waals surface area contributed by atoms with E-state index in [9.17, 15) is 4.39 Å². The van der Waals surface area contributed by atoms with E-state index in [-0.39, 0.29) is 11.4 Å². The van der Waals surface area contributed by atoms with Crippen molar-refractivity contribution in [2.45, 2.75) is 39.7 Å². The molecule has 0 aromatic heterocycles. The number of amidine groups is 1. The number of rotatable bonds is 3. The molecular weight excluding hydrogens is 269 g/mol. The van der Waals surface area contributed by atoms with E-state index in [0.717, 1.165) is 25.9 Å². The van der Waals surface area contributed by atoms with E-state index in [0.29, 0.717) is 17.5 Å². The summed E-state index contributed by atoms with van der Waals surface area (Å²) in [4.78, 5) is 2.28. The zero-order valence-electron chi connectivity index (χ0n) is 12.8. The van der Waals surface area contributed by atoms with Gasteiger partial charge < -0.3 is 10.9 Å². The molecule has 116 valence electrons. The SMILES string of the molecule is CC1(C)CCCN(Cc2cccc(/C(N)=N/O)c2F)CC1. The Morgan fingerprint density at radius 3 is 2.86 bits per heavy atom. The molecule has 0 saturated carbocycles. The van der Waals surface area contributed by atoms with Crippen molar-refractivity contribution in [2.24, 2.45) is 16.3 Å². The minimum atomic E-state index is -0.392. The second-order valence-electron chi connectivity index (χ2n) is 6.56. The average molecular weight is 293 g/mol. The average Bonchev–Trinajstić information content (AvgIpc) is 2.61. The lowest BCUT2D eigenvalue weighted by atomic mass is 9.85. The molecule has 1 saturated heterocycles. The molecule has 0 bridgehead atoms. The van der Waals surface area contributed by atoms with Gasteiger partial charge in [0.25, 0.3) is 0 Å². The first-order valence-electron chi connectivity index (χ1n) is 7.40. The fourth-order valence-corrected chi connectivity index (χ4v) is 2.83. The van der Waals surface area contributed by atoms with E-state index in [2.05, 4.69) is 23.9 Å². The van der Waals surface area contributed by atoms with Crippen LogP contribution in [0.25, 0.3) is 0 Å². The molecule has 4 nitrogen and oxygen atoms in total. The maximum absolute atomic E-state index is 14.4. The number of nitrogens with two attached hydrogens (primary N) is 1. The molecule has 1 aromatic carbocycles. The number of oxime groups is 1. The van der Waals surface area contributed by atoms with E-state index in [1.165, 1.54) is 12.5 Å². The highest BCUT2D eigenvalue weighted by Crippen LogP contribution is 2.30. The Morgan fingerprint density at radius 2 is 2.14 bits per heavy atom. The smallest absolute Gasteiger partial charge is 0.173 e. The standard InChI is InChI=1S/C16H24FN3O/c1-16(2)7-4-9-20(10-8-16)11-12-5-3-6-13(14(12)17)15(18)19-21/h3,5-6,21H,4,7-11H2,1-2H3,(H2,18,19). The Bertz CT molecular complexity index is 528. The molecule has 1 heterocycles. The van der Waals surface area contributed by atoms with Gasteiger partial charge in [0.05, 0.1) is 5.56 Å². The first-order valence-corrected chi connectivity index (χ1v) is 7.40. The fraction of sp³-hybridized carbons (Fsp3) is 0.562. The zero-order chi connectivity index (χ0) is 15.5. The zero-order valence-corrected chi connectivity index (χ0v) is 12.8. The van der Waals surface area contributed by atoms with E-state index >= 15 is 0 Å². The Hall–Kier alpha value is -1.62. The van der Waals surface area contributed by atoms with Crippen molar-refractivity contribution < 1.29 is 9.60 Å². The van der Waals surface area contributed by atoms with Gasteiger partial charge in [-0.05, 0) is 43.8 Å². The Labute approximate surface area is 125 Å². The molecule has 3 N–H and O–H groups in total. The van der Waals surface area contributed by atoms with Crippen LogP contribution in [0.4, 0.5) is 4.39 Å². The van der Waals surface area contributed by atoms with Gasteiger partial charge >= 0.3 is 0 Å². The molecule has 2 rings (SSSR count). The Balaban J connectivity index is 2.13. The summed E-state index contributed by atoms with van der Waals surface area (Å²) in [6, 6.07) is 5.03. The summed E-state index contributed by atoms with van der Waals surface area (Å²) < 4.78 is 14.4. The first-order chi connectivity index (χ1) is 9.93. The van der Waals surface area contributed by atoms with E-state index in [4.69, 9.17) is 10.9 Å². The summed E-state index contributed by atoms with van der Waals surface area (Å²) in [7, 11) is 0. The minimum absolute atomic E-state index is 0.158. The van der Waals surface area contributed by atoms with Crippen LogP contribution in [0.3, 0.4) is 0 Å². The van der Waals surface area contributed by atoms with Crippen LogP contribution in [-0.2, 0) is 6.54 Å². The molecule has 5 heteroatoms. The molecule has 0 radical (unpaired) electrons. The van der Waals surface area contributed by atoms with Crippen LogP contribution in [-0.4, -0.2) is 29.0 Å². The highest BCUT2D eigenvalue weighted by atomic mass is 19.1. The molecular formula is C16H24FN3O. The van der Waals surface area contributed by atoms with E-state index in [1.54, 1.807) is 12.1 Å². The van der Waals surface area contributed by atoms with Gasteiger partial charge in [0.2, 0.25) is 0 Å². The monoisotopic (exact) mass is 293 g/mol. The van der Waals surface area contributed by atoms with Crippen molar-refractivity contribution in [3.05, 3.63) is 35.1 Å². The highest BCUT2D eigenvalue weighted by molar-refractivity contribution is 5.97. The molecule has 0 amide bonds. The largest absolute Gasteiger partial charge is 0.409 e. The van der Waals surface area contributed by atoms with Crippen LogP contribution in [0.15, 0.2) is 23.4 Å². The van der Waals surface area contributed by atoms with E-state index in [1.807, 2.05) is 0 Å². The van der Waals surface area contributed by atoms with Crippen LogP contribution in [0.1, 0.15) is 44.2 Å². The summed E-state index contributed by atoms with van der Waals surface area (Å²) in [6.45, 7) is 7.09. The fourth-order valence-electron chi connectivity index (χ4n) is 2.83. The topological polar surface area (TPSA) is 61.8 Å². The van der Waals surface area contributed by atoms with Gasteiger partial charge in [-0.1, -0.05) is 31.1 Å². The second-order valence-corrected chi connectivity index (χ2v) is 6.56. The van der Waals surface area contributed by atoms with Gasteiger partial charge in [-0.15, -0.1) is 0 Å². The van der Waals surface area contributed by atoms with Gasteiger partial charge in [0.1, 0.15) is 5.82 Å². The van der Waals surface area contributed by atoms with Crippen molar-refractivity contribution in [2.75, 3.05) is 13.1 Å². The van der Waals surface area contributed by atoms with Crippen molar-refractivity contribution >= 4 is 5.84 Å². The molecule has 0 spiro atoms. The summed E-state index contributed by atoms with van der Waals surface area (Å²) in [5.41, 5.74) is 6.62. The summed E-state index contributed by atoms with van der Waals surface area (Å²) >= 11 is 0. The minimum Gasteiger partial charge on any atom is -0.409 e. The Kier molecular flexibility index (Phi) is 4.83. The molecule has 0 unspecified atom stereocenters. The maximum atomic E-state index is 14.4. The molecule has 1 aromatic rings. The Morgan fingerprint density at radius 1 is 1.38 bits per heavy atom. The summed E-state index contributed by atoms with van der Waals surface area (Å²) in [5, 5.41) is 11.6. The van der Waals surface area contributed by atoms with Crippen molar-refractivity contribution in [3.63, 3.8) is 0 Å². The number of halogens is 1. The number of nitrogens with zero attached hydrogens (tertiary/aromatic N) is 2. The molecule has 21 heavy (non-hydrogen) atoms. The normalized spacial score (nSPS) is 20.2. The third kappa shape index (κ3) is 3.94. The first kappa shape index (κ1) is 15.8. The lowest BCUT2D eigenvalue weighted by Gasteiger charge is -2.23. The van der Waals surface area contributed by atoms with E-state index < -0.39 is 5.82 Å². The van der Waals surface area contributed by atoms with Crippen molar-refractivity contribution in [1.29, 1.82) is 0 Å². The third-order valence-corrected chi connectivity index (χ3v) is 4.29. The lowest BCUT2D eigenvalue weighted by Crippen LogP contribution is -2.26. The highest BCUT2D eigenvalue weighted by Gasteiger charge is 2.23. The predicted octanol–water partition coefficient (Wildman–Crippen LogP) is 2.93. The molecule has 0 atom stereocenters. The van der Waals surface area contributed by atoms with Crippen molar-refractivity contribution in [3.8, 4) is 0 Å². The number of benzene rings is 1. The third-order valence-electron chi connectivity index (χ3n) is 4.29. The maximum Gasteiger partial charge on any atom is 0.173 e. The number of likely N-dealkylation sites (tertiary alicyclic amines) is 1. The predicted molar refractivity (Wildman–Crippen MR) is 81.8 cm³/mol. The molecule has 1 fully saturated rings. The van der Waals surface area contributed by atoms with Crippen molar-refractivity contribution in [1.82, 2.24) is 4.90 Å². The van der Waals surface area contributed by atoms with Gasteiger partial charge in [-0.3, -0.25) is 4.90 Å². The second kappa shape index (κ2) is 6.43. The quantitative estimate of drug-likeness (QED) is 0.390. The summed E-state index contributed by atoms with van der Waals surface area (Å²) in [5.74, 6) is -0.581.